The van der Waals surface area contributed by atoms with E-state index in [2.05, 4.69) is 5.92 Å². The highest BCUT2D eigenvalue weighted by Crippen LogP contribution is 2.39. The van der Waals surface area contributed by atoms with Crippen LogP contribution < -0.4 is 9.47 Å². The van der Waals surface area contributed by atoms with Crippen molar-refractivity contribution in [1.82, 2.24) is 4.90 Å². The van der Waals surface area contributed by atoms with E-state index in [0.717, 1.165) is 22.8 Å². The Balaban J connectivity index is 1.62. The van der Waals surface area contributed by atoms with Gasteiger partial charge in [0.25, 0.3) is 0 Å². The highest BCUT2D eigenvalue weighted by molar-refractivity contribution is 7.10. The fourth-order valence-electron chi connectivity index (χ4n) is 2.42. The first-order valence-electron chi connectivity index (χ1n) is 6.38. The lowest BCUT2D eigenvalue weighted by Crippen LogP contribution is -2.27. The molecule has 0 spiro atoms. The number of hydrogen-bond donors (Lipinski definition) is 0. The predicted molar refractivity (Wildman–Crippen MR) is 72.5 cm³/mol. The number of ether oxygens (including phenoxy) is 2. The molecular formula is C14H15NO3S. The van der Waals surface area contributed by atoms with Crippen LogP contribution in [0.25, 0.3) is 0 Å². The molecule has 1 amide bonds. The molecular weight excluding hydrogens is 262 g/mol. The summed E-state index contributed by atoms with van der Waals surface area (Å²) in [7, 11) is 0. The minimum absolute atomic E-state index is 0.0735. The molecule has 3 rings (SSSR count). The van der Waals surface area contributed by atoms with Gasteiger partial charge >= 0.3 is 0 Å². The van der Waals surface area contributed by atoms with Crippen LogP contribution in [0, 0.1) is 18.3 Å². The van der Waals surface area contributed by atoms with Gasteiger partial charge in [-0.3, -0.25) is 4.79 Å². The van der Waals surface area contributed by atoms with Gasteiger partial charge in [-0.15, -0.1) is 23.7 Å². The molecule has 1 unspecified atom stereocenters. The second kappa shape index (κ2) is 5.14. The van der Waals surface area contributed by atoms with Gasteiger partial charge in [-0.25, -0.2) is 0 Å². The molecule has 100 valence electrons. The van der Waals surface area contributed by atoms with E-state index < -0.39 is 0 Å². The molecule has 2 aliphatic rings. The van der Waals surface area contributed by atoms with Crippen molar-refractivity contribution in [3.63, 3.8) is 0 Å². The molecule has 3 heterocycles. The van der Waals surface area contributed by atoms with Gasteiger partial charge in [0, 0.05) is 37.2 Å². The van der Waals surface area contributed by atoms with E-state index >= 15 is 0 Å². The predicted octanol–water partition coefficient (Wildman–Crippen LogP) is 1.54. The third-order valence-corrected chi connectivity index (χ3v) is 4.44. The Bertz CT molecular complexity index is 531. The van der Waals surface area contributed by atoms with Crippen molar-refractivity contribution in [3.8, 4) is 23.8 Å². The quantitative estimate of drug-likeness (QED) is 0.787. The summed E-state index contributed by atoms with van der Waals surface area (Å²) in [6.45, 7) is 2.59. The zero-order chi connectivity index (χ0) is 13.2. The number of fused-ring (bicyclic) bond motifs is 1. The molecule has 0 aliphatic carbocycles. The summed E-state index contributed by atoms with van der Waals surface area (Å²) < 4.78 is 11.1. The number of hydrogen-bond acceptors (Lipinski definition) is 4. The summed E-state index contributed by atoms with van der Waals surface area (Å²) >= 11 is 1.63. The molecule has 4 nitrogen and oxygen atoms in total. The van der Waals surface area contributed by atoms with E-state index in [9.17, 15) is 4.79 Å². The van der Waals surface area contributed by atoms with Crippen LogP contribution in [0.5, 0.6) is 11.5 Å². The van der Waals surface area contributed by atoms with E-state index in [1.165, 1.54) is 0 Å². The normalized spacial score (nSPS) is 21.5. The van der Waals surface area contributed by atoms with Crippen LogP contribution >= 0.6 is 11.3 Å². The van der Waals surface area contributed by atoms with Crippen molar-refractivity contribution in [1.29, 1.82) is 0 Å². The molecule has 1 fully saturated rings. The average Bonchev–Trinajstić information content (AvgIpc) is 3.00. The molecule has 0 radical (unpaired) electrons. The molecule has 0 saturated carbocycles. The standard InChI is InChI=1S/C14H15NO3S/c1-2-10-7-13(16)15(8-10)4-3-12-14-11(9-19-12)17-5-6-18-14/h1,9-10H,3-8H2. The Morgan fingerprint density at radius 1 is 1.47 bits per heavy atom. The lowest BCUT2D eigenvalue weighted by Gasteiger charge is -2.18. The second-order valence-electron chi connectivity index (χ2n) is 4.71. The second-order valence-corrected chi connectivity index (χ2v) is 5.67. The Hall–Kier alpha value is -1.67. The fraction of sp³-hybridized carbons (Fsp3) is 0.500. The van der Waals surface area contributed by atoms with Gasteiger partial charge in [-0.1, -0.05) is 0 Å². The van der Waals surface area contributed by atoms with E-state index in [-0.39, 0.29) is 11.8 Å². The van der Waals surface area contributed by atoms with Crippen molar-refractivity contribution < 1.29 is 14.3 Å². The van der Waals surface area contributed by atoms with Gasteiger partial charge in [-0.05, 0) is 0 Å². The lowest BCUT2D eigenvalue weighted by atomic mass is 10.1. The summed E-state index contributed by atoms with van der Waals surface area (Å²) in [4.78, 5) is 14.8. The SMILES string of the molecule is C#CC1CC(=O)N(CCc2scc3c2OCCO3)C1. The first kappa shape index (κ1) is 12.4. The van der Waals surface area contributed by atoms with Gasteiger partial charge in [0.15, 0.2) is 11.5 Å². The average molecular weight is 277 g/mol. The molecule has 19 heavy (non-hydrogen) atoms. The number of likely N-dealkylation sites (tertiary alicyclic amines) is 1. The van der Waals surface area contributed by atoms with Crippen molar-refractivity contribution in [2.24, 2.45) is 5.92 Å². The summed E-state index contributed by atoms with van der Waals surface area (Å²) in [5.74, 6) is 4.59. The third-order valence-electron chi connectivity index (χ3n) is 3.43. The molecule has 1 saturated heterocycles. The molecule has 0 aromatic carbocycles. The monoisotopic (exact) mass is 277 g/mol. The number of nitrogens with zero attached hydrogens (tertiary/aromatic N) is 1. The Morgan fingerprint density at radius 3 is 3.11 bits per heavy atom. The summed E-state index contributed by atoms with van der Waals surface area (Å²) in [6, 6.07) is 0. The number of terminal acetylenes is 1. The minimum Gasteiger partial charge on any atom is -0.485 e. The smallest absolute Gasteiger partial charge is 0.223 e. The molecule has 2 aliphatic heterocycles. The van der Waals surface area contributed by atoms with Gasteiger partial charge in [-0.2, -0.15) is 0 Å². The first-order chi connectivity index (χ1) is 9.28. The molecule has 5 heteroatoms. The Kier molecular flexibility index (Phi) is 3.34. The molecule has 1 aromatic heterocycles. The zero-order valence-electron chi connectivity index (χ0n) is 10.6. The van der Waals surface area contributed by atoms with Crippen LogP contribution in [-0.2, 0) is 11.2 Å². The summed E-state index contributed by atoms with van der Waals surface area (Å²) in [6.07, 6.45) is 6.66. The fourth-order valence-corrected chi connectivity index (χ4v) is 3.32. The maximum Gasteiger partial charge on any atom is 0.223 e. The van der Waals surface area contributed by atoms with Crippen LogP contribution in [-0.4, -0.2) is 37.1 Å². The van der Waals surface area contributed by atoms with Crippen LogP contribution in [0.3, 0.4) is 0 Å². The van der Waals surface area contributed by atoms with Gasteiger partial charge in [0.2, 0.25) is 5.91 Å². The van der Waals surface area contributed by atoms with E-state index in [4.69, 9.17) is 15.9 Å². The van der Waals surface area contributed by atoms with Gasteiger partial charge in [0.05, 0.1) is 4.88 Å². The van der Waals surface area contributed by atoms with Crippen LogP contribution in [0.2, 0.25) is 0 Å². The lowest BCUT2D eigenvalue weighted by molar-refractivity contribution is -0.127. The topological polar surface area (TPSA) is 38.8 Å². The number of carbonyl (C=O) groups excluding carboxylic acids is 1. The molecule has 0 N–H and O–H groups in total. The largest absolute Gasteiger partial charge is 0.485 e. The number of carbonyl (C=O) groups is 1. The van der Waals surface area contributed by atoms with Crippen LogP contribution in [0.15, 0.2) is 5.38 Å². The maximum atomic E-state index is 11.8. The van der Waals surface area contributed by atoms with Crippen molar-refractivity contribution in [3.05, 3.63) is 10.3 Å². The van der Waals surface area contributed by atoms with Gasteiger partial charge in [0.1, 0.15) is 13.2 Å². The molecule has 1 atom stereocenters. The summed E-state index contributed by atoms with van der Waals surface area (Å²) in [5, 5.41) is 1.97. The highest BCUT2D eigenvalue weighted by atomic mass is 32.1. The van der Waals surface area contributed by atoms with Crippen LogP contribution in [0.1, 0.15) is 11.3 Å². The first-order valence-corrected chi connectivity index (χ1v) is 7.25. The number of amides is 1. The van der Waals surface area contributed by atoms with Crippen molar-refractivity contribution in [2.75, 3.05) is 26.3 Å². The zero-order valence-corrected chi connectivity index (χ0v) is 11.4. The van der Waals surface area contributed by atoms with E-state index in [1.54, 1.807) is 11.3 Å². The summed E-state index contributed by atoms with van der Waals surface area (Å²) in [5.41, 5.74) is 0. The molecule has 0 bridgehead atoms. The minimum atomic E-state index is 0.0735. The highest BCUT2D eigenvalue weighted by Gasteiger charge is 2.28. The maximum absolute atomic E-state index is 11.8. The van der Waals surface area contributed by atoms with Crippen LogP contribution in [0.4, 0.5) is 0 Å². The van der Waals surface area contributed by atoms with Crippen molar-refractivity contribution >= 4 is 17.2 Å². The number of thiophene rings is 1. The van der Waals surface area contributed by atoms with E-state index in [0.29, 0.717) is 32.7 Å². The van der Waals surface area contributed by atoms with Gasteiger partial charge < -0.3 is 14.4 Å². The number of rotatable bonds is 3. The Morgan fingerprint density at radius 2 is 2.32 bits per heavy atom. The van der Waals surface area contributed by atoms with Crippen molar-refractivity contribution in [2.45, 2.75) is 12.8 Å². The third kappa shape index (κ3) is 2.41. The van der Waals surface area contributed by atoms with E-state index in [1.807, 2.05) is 10.3 Å². The Labute approximate surface area is 116 Å². The molecule has 1 aromatic rings.